The van der Waals surface area contributed by atoms with Crippen LogP contribution >= 0.6 is 24.0 Å². The summed E-state index contributed by atoms with van der Waals surface area (Å²) in [7, 11) is 0. The van der Waals surface area contributed by atoms with Crippen molar-refractivity contribution in [1.29, 1.82) is 0 Å². The average molecular weight is 423 g/mol. The third-order valence-corrected chi connectivity index (χ3v) is 3.05. The topological polar surface area (TPSA) is 54.9 Å². The minimum Gasteiger partial charge on any atom is -0.467 e. The third-order valence-electron chi connectivity index (χ3n) is 3.05. The van der Waals surface area contributed by atoms with Crippen molar-refractivity contribution in [2.75, 3.05) is 19.9 Å². The van der Waals surface area contributed by atoms with E-state index in [0.29, 0.717) is 18.9 Å². The number of fused-ring (bicyclic) bond motifs is 1. The highest BCUT2D eigenvalue weighted by Crippen LogP contribution is 2.29. The van der Waals surface area contributed by atoms with Crippen molar-refractivity contribution in [2.24, 2.45) is 4.99 Å². The quantitative estimate of drug-likeness (QED) is 0.435. The molecule has 1 aromatic rings. The number of ether oxygens (including phenoxy) is 2. The molecule has 0 atom stereocenters. The van der Waals surface area contributed by atoms with Gasteiger partial charge in [-0.1, -0.05) is 6.92 Å². The smallest absolute Gasteiger partial charge is 0.191 e. The Balaban J connectivity index is 0.00000242. The molecule has 0 spiro atoms. The molecule has 0 fully saturated rings. The molecule has 7 heteroatoms. The van der Waals surface area contributed by atoms with E-state index >= 15 is 0 Å². The van der Waals surface area contributed by atoms with Gasteiger partial charge in [0.2, 0.25) is 0 Å². The lowest BCUT2D eigenvalue weighted by Crippen LogP contribution is -2.37. The van der Waals surface area contributed by atoms with E-state index in [4.69, 9.17) is 9.47 Å². The zero-order valence-corrected chi connectivity index (χ0v) is 15.3. The Morgan fingerprint density at radius 3 is 2.86 bits per heavy atom. The van der Waals surface area contributed by atoms with Crippen molar-refractivity contribution < 1.29 is 13.9 Å². The Morgan fingerprint density at radius 2 is 2.14 bits per heavy atom. The van der Waals surface area contributed by atoms with Crippen LogP contribution in [0.3, 0.4) is 0 Å². The van der Waals surface area contributed by atoms with Gasteiger partial charge in [0.05, 0.1) is 13.2 Å². The first kappa shape index (κ1) is 19.0. The molecular formula is C15H23FIN3O2. The van der Waals surface area contributed by atoms with Crippen LogP contribution in [0.1, 0.15) is 31.4 Å². The first-order valence-electron chi connectivity index (χ1n) is 7.28. The Labute approximate surface area is 147 Å². The molecule has 0 aliphatic carbocycles. The molecule has 2 N–H and O–H groups in total. The molecule has 0 saturated carbocycles. The van der Waals surface area contributed by atoms with Crippen LogP contribution in [0.4, 0.5) is 4.39 Å². The molecule has 1 aliphatic rings. The number of rotatable bonds is 5. The molecular weight excluding hydrogens is 400 g/mol. The molecule has 0 bridgehead atoms. The Bertz CT molecular complexity index is 512. The normalized spacial score (nSPS) is 13.7. The van der Waals surface area contributed by atoms with Gasteiger partial charge in [0.1, 0.15) is 11.6 Å². The fourth-order valence-corrected chi connectivity index (χ4v) is 2.12. The first-order valence-corrected chi connectivity index (χ1v) is 7.28. The van der Waals surface area contributed by atoms with E-state index in [0.717, 1.165) is 36.6 Å². The predicted molar refractivity (Wildman–Crippen MR) is 95.2 cm³/mol. The van der Waals surface area contributed by atoms with Crippen molar-refractivity contribution in [3.8, 4) is 5.75 Å². The number of hydrogen-bond donors (Lipinski definition) is 2. The molecule has 1 aromatic carbocycles. The van der Waals surface area contributed by atoms with Crippen LogP contribution < -0.4 is 15.4 Å². The number of nitrogens with zero attached hydrogens (tertiary/aromatic N) is 1. The minimum atomic E-state index is -0.292. The summed E-state index contributed by atoms with van der Waals surface area (Å²) in [5.41, 5.74) is 1.47. The number of halogens is 2. The monoisotopic (exact) mass is 423 g/mol. The summed E-state index contributed by atoms with van der Waals surface area (Å²) in [5.74, 6) is 1.13. The van der Waals surface area contributed by atoms with Gasteiger partial charge in [0, 0.05) is 24.2 Å². The maximum Gasteiger partial charge on any atom is 0.191 e. The summed E-state index contributed by atoms with van der Waals surface area (Å²) < 4.78 is 24.3. The standard InChI is InChI=1S/C15H22FN3O2.HI/c1-3-5-18-15(17-4-2)19-8-11-6-13(16)7-12-9-20-10-21-14(11)12;/h6-7H,3-5,8-10H2,1-2H3,(H2,17,18,19);1H. The van der Waals surface area contributed by atoms with Gasteiger partial charge in [-0.15, -0.1) is 24.0 Å². The van der Waals surface area contributed by atoms with E-state index in [1.165, 1.54) is 12.1 Å². The fraction of sp³-hybridized carbons (Fsp3) is 0.533. The van der Waals surface area contributed by atoms with E-state index < -0.39 is 0 Å². The summed E-state index contributed by atoms with van der Waals surface area (Å²) in [5, 5.41) is 6.38. The van der Waals surface area contributed by atoms with Crippen LogP contribution in [0, 0.1) is 5.82 Å². The van der Waals surface area contributed by atoms with Crippen molar-refractivity contribution in [3.05, 3.63) is 29.1 Å². The largest absolute Gasteiger partial charge is 0.467 e. The molecule has 1 aliphatic heterocycles. The maximum atomic E-state index is 13.6. The molecule has 0 radical (unpaired) electrons. The van der Waals surface area contributed by atoms with Gasteiger partial charge >= 0.3 is 0 Å². The summed E-state index contributed by atoms with van der Waals surface area (Å²) in [6.07, 6.45) is 1.01. The Kier molecular flexibility index (Phi) is 8.47. The van der Waals surface area contributed by atoms with E-state index in [1.54, 1.807) is 0 Å². The highest BCUT2D eigenvalue weighted by molar-refractivity contribution is 14.0. The molecule has 0 aromatic heterocycles. The minimum absolute atomic E-state index is 0. The Hall–Kier alpha value is -1.09. The maximum absolute atomic E-state index is 13.6. The second kappa shape index (κ2) is 9.83. The van der Waals surface area contributed by atoms with Crippen LogP contribution in [0.5, 0.6) is 5.75 Å². The number of guanidine groups is 1. The van der Waals surface area contributed by atoms with Crippen LogP contribution in [0.15, 0.2) is 17.1 Å². The SMILES string of the molecule is CCCNC(=NCc1cc(F)cc2c1OCOC2)NCC.I. The van der Waals surface area contributed by atoms with E-state index in [2.05, 4.69) is 22.5 Å². The summed E-state index contributed by atoms with van der Waals surface area (Å²) >= 11 is 0. The van der Waals surface area contributed by atoms with Gasteiger partial charge in [-0.3, -0.25) is 0 Å². The van der Waals surface area contributed by atoms with Crippen LogP contribution in [0.2, 0.25) is 0 Å². The van der Waals surface area contributed by atoms with Crippen molar-refractivity contribution in [1.82, 2.24) is 10.6 Å². The third kappa shape index (κ3) is 5.28. The Morgan fingerprint density at radius 1 is 1.32 bits per heavy atom. The van der Waals surface area contributed by atoms with Gasteiger partial charge in [-0.05, 0) is 25.5 Å². The van der Waals surface area contributed by atoms with Gasteiger partial charge in [-0.25, -0.2) is 9.38 Å². The number of benzene rings is 1. The van der Waals surface area contributed by atoms with Crippen LogP contribution in [-0.4, -0.2) is 25.8 Å². The number of hydrogen-bond acceptors (Lipinski definition) is 3. The van der Waals surface area contributed by atoms with E-state index in [9.17, 15) is 4.39 Å². The molecule has 0 unspecified atom stereocenters. The zero-order chi connectivity index (χ0) is 15.1. The van der Waals surface area contributed by atoms with Crippen molar-refractivity contribution in [2.45, 2.75) is 33.4 Å². The summed E-state index contributed by atoms with van der Waals surface area (Å²) in [6, 6.07) is 2.92. The first-order chi connectivity index (χ1) is 10.2. The highest BCUT2D eigenvalue weighted by Gasteiger charge is 2.16. The lowest BCUT2D eigenvalue weighted by molar-refractivity contribution is -0.0172. The lowest BCUT2D eigenvalue weighted by Gasteiger charge is -2.20. The molecule has 5 nitrogen and oxygen atoms in total. The van der Waals surface area contributed by atoms with Crippen molar-refractivity contribution >= 4 is 29.9 Å². The van der Waals surface area contributed by atoms with Crippen LogP contribution in [0.25, 0.3) is 0 Å². The fourth-order valence-electron chi connectivity index (χ4n) is 2.12. The number of nitrogens with one attached hydrogen (secondary N) is 2. The number of aliphatic imine (C=N–C) groups is 1. The van der Waals surface area contributed by atoms with Gasteiger partial charge in [0.15, 0.2) is 12.8 Å². The molecule has 2 rings (SSSR count). The van der Waals surface area contributed by atoms with E-state index in [-0.39, 0.29) is 36.6 Å². The summed E-state index contributed by atoms with van der Waals surface area (Å²) in [4.78, 5) is 4.48. The average Bonchev–Trinajstić information content (AvgIpc) is 2.49. The molecule has 0 saturated heterocycles. The zero-order valence-electron chi connectivity index (χ0n) is 12.9. The van der Waals surface area contributed by atoms with Crippen LogP contribution in [-0.2, 0) is 17.9 Å². The highest BCUT2D eigenvalue weighted by atomic mass is 127. The second-order valence-corrected chi connectivity index (χ2v) is 4.79. The lowest BCUT2D eigenvalue weighted by atomic mass is 10.1. The predicted octanol–water partition coefficient (Wildman–Crippen LogP) is 2.78. The molecule has 124 valence electrons. The van der Waals surface area contributed by atoms with Gasteiger partial charge < -0.3 is 20.1 Å². The van der Waals surface area contributed by atoms with Gasteiger partial charge in [-0.2, -0.15) is 0 Å². The summed E-state index contributed by atoms with van der Waals surface area (Å²) in [6.45, 7) is 6.65. The second-order valence-electron chi connectivity index (χ2n) is 4.79. The van der Waals surface area contributed by atoms with Crippen molar-refractivity contribution in [3.63, 3.8) is 0 Å². The van der Waals surface area contributed by atoms with Gasteiger partial charge in [0.25, 0.3) is 0 Å². The molecule has 22 heavy (non-hydrogen) atoms. The van der Waals surface area contributed by atoms with E-state index in [1.807, 2.05) is 6.92 Å². The molecule has 0 amide bonds. The molecule has 1 heterocycles.